The van der Waals surface area contributed by atoms with Crippen molar-refractivity contribution in [3.05, 3.63) is 52.1 Å². The molecule has 1 aromatic rings. The van der Waals surface area contributed by atoms with Crippen molar-refractivity contribution in [2.24, 2.45) is 0 Å². The number of nitro benzene ring substituents is 1. The summed E-state index contributed by atoms with van der Waals surface area (Å²) < 4.78 is 12.0. The van der Waals surface area contributed by atoms with Gasteiger partial charge in [0.15, 0.2) is 10.9 Å². The van der Waals surface area contributed by atoms with E-state index in [4.69, 9.17) is 10.7 Å². The van der Waals surface area contributed by atoms with E-state index >= 15 is 0 Å². The molecule has 10 nitrogen and oxygen atoms in total. The Kier molecular flexibility index (Phi) is 6.20. The van der Waals surface area contributed by atoms with E-state index in [-0.39, 0.29) is 24.1 Å². The van der Waals surface area contributed by atoms with Crippen LogP contribution in [0.4, 0.5) is 5.69 Å². The van der Waals surface area contributed by atoms with Crippen LogP contribution < -0.4 is 5.32 Å². The number of carboxylic acids is 1. The fourth-order valence-electron chi connectivity index (χ4n) is 3.12. The largest absolute Gasteiger partial charge is 0.479 e. The molecule has 2 amide bonds. The minimum absolute atomic E-state index is 0.0587. The number of hydrogen-bond donors (Lipinski definition) is 2. The minimum atomic E-state index is -2.19. The number of nitrogens with zero attached hydrogens (tertiary/aromatic N) is 2. The van der Waals surface area contributed by atoms with Gasteiger partial charge in [0, 0.05) is 18.6 Å². The number of hydrogen-bond acceptors (Lipinski definition) is 6. The van der Waals surface area contributed by atoms with Gasteiger partial charge in [-0.05, 0) is 28.7 Å². The highest BCUT2D eigenvalue weighted by Gasteiger charge is 2.62. The third-order valence-electron chi connectivity index (χ3n) is 4.56. The molecule has 0 bridgehead atoms. The first-order chi connectivity index (χ1) is 13.1. The smallest absolute Gasteiger partial charge is 0.334 e. The minimum Gasteiger partial charge on any atom is -0.479 e. The number of benzene rings is 1. The molecule has 12 heteroatoms. The van der Waals surface area contributed by atoms with Gasteiger partial charge in [-0.1, -0.05) is 18.7 Å². The van der Waals surface area contributed by atoms with Crippen LogP contribution >= 0.6 is 10.7 Å². The molecule has 2 N–H and O–H groups in total. The number of amides is 2. The topological polar surface area (TPSA) is 147 Å². The first-order valence-electron chi connectivity index (χ1n) is 7.80. The van der Waals surface area contributed by atoms with Gasteiger partial charge >= 0.3 is 5.97 Å². The molecule has 2 rings (SSSR count). The van der Waals surface area contributed by atoms with E-state index in [1.807, 2.05) is 0 Å². The SMILES string of the molecule is C=C(C)C(Cc1ccc([N+](=O)[O-])cc1)(C(=O)O)N1C(=O)C(NC=O)C1S(=O)Cl. The van der Waals surface area contributed by atoms with Crippen LogP contribution in [0.15, 0.2) is 36.4 Å². The first-order valence-corrected chi connectivity index (χ1v) is 9.84. The van der Waals surface area contributed by atoms with Gasteiger partial charge in [-0.25, -0.2) is 9.00 Å². The summed E-state index contributed by atoms with van der Waals surface area (Å²) >= 11 is 0. The van der Waals surface area contributed by atoms with Crippen LogP contribution in [0.25, 0.3) is 0 Å². The Balaban J connectivity index is 2.52. The number of rotatable bonds is 9. The predicted octanol–water partition coefficient (Wildman–Crippen LogP) is 0.722. The van der Waals surface area contributed by atoms with Gasteiger partial charge in [0.05, 0.1) is 4.92 Å². The van der Waals surface area contributed by atoms with E-state index in [2.05, 4.69) is 11.9 Å². The highest BCUT2D eigenvalue weighted by atomic mass is 35.7. The van der Waals surface area contributed by atoms with Crippen molar-refractivity contribution in [3.63, 3.8) is 0 Å². The maximum absolute atomic E-state index is 12.6. The molecule has 0 spiro atoms. The number of carbonyl (C=O) groups excluding carboxylic acids is 2. The third-order valence-corrected chi connectivity index (χ3v) is 5.97. The molecule has 1 saturated heterocycles. The maximum Gasteiger partial charge on any atom is 0.334 e. The molecular formula is C16H16ClN3O7S. The second-order valence-electron chi connectivity index (χ2n) is 6.16. The van der Waals surface area contributed by atoms with Gasteiger partial charge < -0.3 is 15.3 Å². The van der Waals surface area contributed by atoms with Crippen molar-refractivity contribution in [3.8, 4) is 0 Å². The lowest BCUT2D eigenvalue weighted by Crippen LogP contribution is -2.78. The summed E-state index contributed by atoms with van der Waals surface area (Å²) in [5.74, 6) is -2.22. The lowest BCUT2D eigenvalue weighted by Gasteiger charge is -2.53. The number of carbonyl (C=O) groups is 3. The molecule has 4 atom stereocenters. The van der Waals surface area contributed by atoms with Crippen molar-refractivity contribution in [2.45, 2.75) is 30.3 Å². The summed E-state index contributed by atoms with van der Waals surface area (Å²) in [6.45, 7) is 5.07. The van der Waals surface area contributed by atoms with Gasteiger partial charge in [-0.15, -0.1) is 0 Å². The summed E-state index contributed by atoms with van der Waals surface area (Å²) in [5, 5.41) is 21.7. The van der Waals surface area contributed by atoms with Crippen LogP contribution in [0.2, 0.25) is 0 Å². The van der Waals surface area contributed by atoms with Crippen LogP contribution in [-0.2, 0) is 30.8 Å². The fraction of sp³-hybridized carbons (Fsp3) is 0.312. The number of nitro groups is 1. The van der Waals surface area contributed by atoms with E-state index in [1.165, 1.54) is 31.2 Å². The Labute approximate surface area is 166 Å². The highest BCUT2D eigenvalue weighted by molar-refractivity contribution is 8.08. The Morgan fingerprint density at radius 1 is 1.50 bits per heavy atom. The zero-order valence-corrected chi connectivity index (χ0v) is 16.1. The summed E-state index contributed by atoms with van der Waals surface area (Å²) in [6.07, 6.45) is -0.0595. The third kappa shape index (κ3) is 3.50. The predicted molar refractivity (Wildman–Crippen MR) is 99.6 cm³/mol. The van der Waals surface area contributed by atoms with Gasteiger partial charge in [0.1, 0.15) is 16.1 Å². The standard InChI is InChI=1S/C16H16ClN3O7S/c1-9(2)16(15(23)24,7-10-3-5-11(6-4-10)20(25)26)19-13(22)12(18-8-21)14(19)28(17)27/h3-6,8,12,14H,1,7H2,2H3,(H,18,21)(H,23,24). The average Bonchev–Trinajstić information content (AvgIpc) is 2.62. The summed E-state index contributed by atoms with van der Waals surface area (Å²) in [5.41, 5.74) is -1.77. The highest BCUT2D eigenvalue weighted by Crippen LogP contribution is 2.39. The lowest BCUT2D eigenvalue weighted by molar-refractivity contribution is -0.384. The van der Waals surface area contributed by atoms with E-state index in [0.29, 0.717) is 5.56 Å². The first kappa shape index (κ1) is 21.5. The molecule has 0 aliphatic carbocycles. The van der Waals surface area contributed by atoms with Gasteiger partial charge in [0.25, 0.3) is 11.6 Å². The molecule has 1 fully saturated rings. The van der Waals surface area contributed by atoms with Crippen LogP contribution in [0.1, 0.15) is 12.5 Å². The number of non-ortho nitro benzene ring substituents is 1. The molecule has 4 unspecified atom stereocenters. The molecule has 1 heterocycles. The maximum atomic E-state index is 12.6. The zero-order valence-electron chi connectivity index (χ0n) is 14.5. The van der Waals surface area contributed by atoms with Crippen LogP contribution in [-0.4, -0.2) is 54.4 Å². The van der Waals surface area contributed by atoms with Gasteiger partial charge in [-0.2, -0.15) is 0 Å². The number of aliphatic carboxylic acids is 1. The van der Waals surface area contributed by atoms with Crippen molar-refractivity contribution in [1.29, 1.82) is 0 Å². The lowest BCUT2D eigenvalue weighted by atomic mass is 9.80. The van der Waals surface area contributed by atoms with E-state index in [0.717, 1.165) is 4.90 Å². The Morgan fingerprint density at radius 2 is 2.07 bits per heavy atom. The van der Waals surface area contributed by atoms with Crippen molar-refractivity contribution >= 4 is 44.7 Å². The van der Waals surface area contributed by atoms with Gasteiger partial charge in [-0.3, -0.25) is 19.7 Å². The van der Waals surface area contributed by atoms with E-state index in [9.17, 15) is 33.8 Å². The van der Waals surface area contributed by atoms with Crippen LogP contribution in [0.5, 0.6) is 0 Å². The molecule has 0 radical (unpaired) electrons. The summed E-state index contributed by atoms with van der Waals surface area (Å²) in [4.78, 5) is 46.6. The molecule has 1 aliphatic heterocycles. The Bertz CT molecular complexity index is 859. The van der Waals surface area contributed by atoms with Crippen molar-refractivity contribution in [1.82, 2.24) is 10.2 Å². The summed E-state index contributed by atoms with van der Waals surface area (Å²) in [6, 6.07) is 3.89. The quantitative estimate of drug-likeness (QED) is 0.147. The van der Waals surface area contributed by atoms with Gasteiger partial charge in [0.2, 0.25) is 6.41 Å². The molecule has 0 saturated carbocycles. The average molecular weight is 430 g/mol. The monoisotopic (exact) mass is 429 g/mol. The van der Waals surface area contributed by atoms with E-state index in [1.54, 1.807) is 0 Å². The number of carboxylic acid groups (broad SMARTS) is 1. The number of nitrogens with one attached hydrogen (secondary N) is 1. The normalized spacial score (nSPS) is 21.8. The van der Waals surface area contributed by atoms with Crippen molar-refractivity contribution < 1.29 is 28.6 Å². The number of β-lactam (4-membered cyclic amide) rings is 1. The molecule has 28 heavy (non-hydrogen) atoms. The molecule has 0 aromatic heterocycles. The molecule has 1 aliphatic rings. The second-order valence-corrected chi connectivity index (χ2v) is 8.05. The zero-order chi connectivity index (χ0) is 21.2. The van der Waals surface area contributed by atoms with E-state index < -0.39 is 43.8 Å². The van der Waals surface area contributed by atoms with Crippen LogP contribution in [0, 0.1) is 10.1 Å². The van der Waals surface area contributed by atoms with Crippen LogP contribution in [0.3, 0.4) is 0 Å². The fourth-order valence-corrected chi connectivity index (χ4v) is 4.53. The van der Waals surface area contributed by atoms with Crippen molar-refractivity contribution in [2.75, 3.05) is 0 Å². The second kappa shape index (κ2) is 8.07. The number of halogens is 1. The molecular weight excluding hydrogens is 414 g/mol. The number of likely N-dealkylation sites (tertiary alicyclic amines) is 1. The molecule has 1 aromatic carbocycles. The Morgan fingerprint density at radius 3 is 2.46 bits per heavy atom. The summed E-state index contributed by atoms with van der Waals surface area (Å²) in [7, 11) is 3.48. The molecule has 150 valence electrons. The Hall–Kier alpha value is -2.79.